The lowest BCUT2D eigenvalue weighted by Crippen LogP contribution is -2.42. The van der Waals surface area contributed by atoms with Gasteiger partial charge in [-0.2, -0.15) is 0 Å². The molecule has 0 aliphatic carbocycles. The van der Waals surface area contributed by atoms with Crippen LogP contribution in [0.3, 0.4) is 0 Å². The van der Waals surface area contributed by atoms with Gasteiger partial charge < -0.3 is 80.8 Å². The molecule has 29 heteroatoms. The predicted molar refractivity (Wildman–Crippen MR) is 336 cm³/mol. The number of unbranched alkanes of at least 4 members (excludes halogenated alkanes) is 1. The fourth-order valence-corrected chi connectivity index (χ4v) is 9.34. The number of Topliss-reactive ketones (excluding diaryl/α,β-unsaturated/α-hetero) is 4. The molecule has 0 aliphatic heterocycles. The number of hydrogen-bond acceptors (Lipinski definition) is 17. The average Bonchev–Trinajstić information content (AvgIpc) is 3.15. The third-order valence-corrected chi connectivity index (χ3v) is 13.8. The quantitative estimate of drug-likeness (QED) is 0.00685. The lowest BCUT2D eigenvalue weighted by atomic mass is 9.96. The van der Waals surface area contributed by atoms with E-state index in [2.05, 4.69) is 41.3 Å². The number of methoxy groups -OCH3 is 4. The first-order valence-electron chi connectivity index (χ1n) is 28.4. The minimum absolute atomic E-state index is 0.0201. The molecule has 0 bridgehead atoms. The molecule has 22 N–H and O–H groups in total. The number of hydrazine groups is 1. The van der Waals surface area contributed by atoms with Gasteiger partial charge in [-0.3, -0.25) is 63.8 Å². The SMILES string of the molecule is COc1ccc(CC(=O)[C@H](CCCN=C(N)N)NC(=O)c2cc(CC(=O)[C@H](CCCN=C(N)N)NC(=O)c3cc(CC(=O)[C@H](CCCN=C(N)N)NC(=O)c4cc(CC(=O)CCCCN=C(N)N)ccc4OC)ccc3OC)ccc2OC)cc1C(=O)NN. The molecule has 0 unspecified atom stereocenters. The molecule has 89 heavy (non-hydrogen) atoms. The van der Waals surface area contributed by atoms with E-state index in [1.807, 2.05) is 0 Å². The molecule has 0 spiro atoms. The number of hydrogen-bond donors (Lipinski definition) is 13. The van der Waals surface area contributed by atoms with Crippen LogP contribution in [0.4, 0.5) is 0 Å². The first-order chi connectivity index (χ1) is 42.5. The van der Waals surface area contributed by atoms with Crippen molar-refractivity contribution in [1.82, 2.24) is 21.4 Å². The number of nitrogens with one attached hydrogen (secondary N) is 4. The topological polar surface area (TPSA) is 505 Å². The van der Waals surface area contributed by atoms with E-state index in [1.54, 1.807) is 30.3 Å². The van der Waals surface area contributed by atoms with E-state index in [0.29, 0.717) is 41.6 Å². The summed E-state index contributed by atoms with van der Waals surface area (Å²) in [7, 11) is 5.45. The highest BCUT2D eigenvalue weighted by atomic mass is 16.5. The van der Waals surface area contributed by atoms with E-state index >= 15 is 0 Å². The van der Waals surface area contributed by atoms with Crippen LogP contribution in [-0.2, 0) is 44.9 Å². The minimum atomic E-state index is -1.17. The summed E-state index contributed by atoms with van der Waals surface area (Å²) in [6.45, 7) is 0.781. The van der Waals surface area contributed by atoms with Gasteiger partial charge in [0.2, 0.25) is 0 Å². The largest absolute Gasteiger partial charge is 0.496 e. The fraction of sp³-hybridized carbons (Fsp3) is 0.400. The number of benzene rings is 4. The molecule has 4 amide bonds. The van der Waals surface area contributed by atoms with E-state index in [4.69, 9.17) is 70.7 Å². The third-order valence-electron chi connectivity index (χ3n) is 13.8. The highest BCUT2D eigenvalue weighted by Crippen LogP contribution is 2.26. The molecular weight excluding hydrogens is 1150 g/mol. The Labute approximate surface area is 515 Å². The maximum absolute atomic E-state index is 14.5. The number of guanidine groups is 4. The molecule has 4 aromatic carbocycles. The van der Waals surface area contributed by atoms with Crippen molar-refractivity contribution in [3.63, 3.8) is 0 Å². The van der Waals surface area contributed by atoms with E-state index in [-0.39, 0.29) is 165 Å². The van der Waals surface area contributed by atoms with Crippen molar-refractivity contribution in [1.29, 1.82) is 0 Å². The zero-order valence-corrected chi connectivity index (χ0v) is 50.6. The van der Waals surface area contributed by atoms with Gasteiger partial charge in [0.1, 0.15) is 28.8 Å². The van der Waals surface area contributed by atoms with Gasteiger partial charge in [0, 0.05) is 58.3 Å². The summed E-state index contributed by atoms with van der Waals surface area (Å²) in [6.07, 6.45) is 1.70. The van der Waals surface area contributed by atoms with Crippen molar-refractivity contribution in [2.24, 2.45) is 71.7 Å². The normalized spacial score (nSPS) is 11.7. The Kier molecular flexibility index (Phi) is 29.3. The molecule has 0 heterocycles. The van der Waals surface area contributed by atoms with Crippen molar-refractivity contribution >= 4 is 70.6 Å². The second-order valence-electron chi connectivity index (χ2n) is 20.4. The van der Waals surface area contributed by atoms with Gasteiger partial charge in [0.05, 0.1) is 68.8 Å². The number of ketones is 4. The van der Waals surface area contributed by atoms with Crippen LogP contribution < -0.4 is 92.0 Å². The summed E-state index contributed by atoms with van der Waals surface area (Å²) >= 11 is 0. The van der Waals surface area contributed by atoms with Crippen LogP contribution in [-0.4, -0.2) is 143 Å². The minimum Gasteiger partial charge on any atom is -0.496 e. The van der Waals surface area contributed by atoms with Crippen molar-refractivity contribution in [2.45, 2.75) is 102 Å². The van der Waals surface area contributed by atoms with Gasteiger partial charge >= 0.3 is 0 Å². The van der Waals surface area contributed by atoms with Crippen LogP contribution in [0, 0.1) is 0 Å². The Hall–Kier alpha value is -10.3. The monoisotopic (exact) mass is 1230 g/mol. The summed E-state index contributed by atoms with van der Waals surface area (Å²) in [5.41, 5.74) is 48.0. The second kappa shape index (κ2) is 36.6. The van der Waals surface area contributed by atoms with Crippen LogP contribution in [0.25, 0.3) is 0 Å². The Morgan fingerprint density at radius 3 is 0.921 bits per heavy atom. The summed E-state index contributed by atoms with van der Waals surface area (Å²) < 4.78 is 21.9. The van der Waals surface area contributed by atoms with Crippen molar-refractivity contribution in [2.75, 3.05) is 54.6 Å². The molecular formula is C60H83N17O12. The highest BCUT2D eigenvalue weighted by Gasteiger charge is 2.29. The number of aliphatic imine (C=N–C) groups is 4. The van der Waals surface area contributed by atoms with E-state index < -0.39 is 59.1 Å². The number of rotatable bonds is 39. The molecule has 0 aliphatic rings. The van der Waals surface area contributed by atoms with Crippen molar-refractivity contribution < 1.29 is 57.3 Å². The van der Waals surface area contributed by atoms with Gasteiger partial charge in [-0.25, -0.2) is 5.84 Å². The van der Waals surface area contributed by atoms with Gasteiger partial charge in [-0.15, -0.1) is 0 Å². The van der Waals surface area contributed by atoms with Crippen LogP contribution in [0.5, 0.6) is 23.0 Å². The summed E-state index contributed by atoms with van der Waals surface area (Å²) in [4.78, 5) is 127. The number of ether oxygens (including phenoxy) is 4. The smallest absolute Gasteiger partial charge is 0.268 e. The number of nitrogens with two attached hydrogens (primary N) is 9. The number of carbonyl (C=O) groups excluding carboxylic acids is 8. The van der Waals surface area contributed by atoms with Crippen molar-refractivity contribution in [3.8, 4) is 23.0 Å². The Morgan fingerprint density at radius 2 is 0.652 bits per heavy atom. The molecule has 480 valence electrons. The number of nitrogen functional groups attached to an aromatic ring is 1. The van der Waals surface area contributed by atoms with Gasteiger partial charge in [-0.1, -0.05) is 24.3 Å². The molecule has 4 aromatic rings. The zero-order chi connectivity index (χ0) is 65.6. The number of carbonyl (C=O) groups is 8. The number of amides is 4. The number of nitrogens with zero attached hydrogens (tertiary/aromatic N) is 4. The molecule has 0 fully saturated rings. The molecule has 0 aromatic heterocycles. The van der Waals surface area contributed by atoms with E-state index in [0.717, 1.165) is 0 Å². The van der Waals surface area contributed by atoms with Crippen molar-refractivity contribution in [3.05, 3.63) is 117 Å². The van der Waals surface area contributed by atoms with Gasteiger partial charge in [0.25, 0.3) is 23.6 Å². The first kappa shape index (κ1) is 71.2. The standard InChI is InChI=1S/C60H83N17O12/c1-86-49-18-14-34(26-38(78)10-5-6-22-70-57(61)62)27-39(49)53(82)74-43(11-7-23-71-58(63)64)46(79)31-35-15-19-50(87-2)40(28-35)54(83)75-44(12-8-24-72-59(65)66)47(80)32-36-16-20-51(88-3)41(29-36)55(84)76-45(13-9-25-73-60(67)68)48(81)33-37-17-21-52(89-4)42(30-37)56(85)77-69/h14-21,27-30,43-45H,5-13,22-26,31-33,69H2,1-4H3,(H,74,82)(H,75,83)(H,76,84)(H,77,85)(H4,61,62,70)(H4,63,64,71)(H4,65,66,72)(H4,67,68,73)/t43-,44-,45-/m0/s1. The lowest BCUT2D eigenvalue weighted by Gasteiger charge is -2.21. The predicted octanol–water partition coefficient (Wildman–Crippen LogP) is -0.229. The van der Waals surface area contributed by atoms with E-state index in [1.165, 1.54) is 70.9 Å². The fourth-order valence-electron chi connectivity index (χ4n) is 9.34. The maximum Gasteiger partial charge on any atom is 0.268 e. The van der Waals surface area contributed by atoms with E-state index in [9.17, 15) is 38.4 Å². The average molecular weight is 1230 g/mol. The summed E-state index contributed by atoms with van der Waals surface area (Å²) in [5, 5.41) is 8.45. The van der Waals surface area contributed by atoms with Crippen LogP contribution in [0.2, 0.25) is 0 Å². The molecule has 4 rings (SSSR count). The summed E-state index contributed by atoms with van der Waals surface area (Å²) in [6, 6.07) is 15.0. The lowest BCUT2D eigenvalue weighted by molar-refractivity contribution is -0.121. The first-order valence-corrected chi connectivity index (χ1v) is 28.4. The molecule has 0 saturated carbocycles. The van der Waals surface area contributed by atoms with Gasteiger partial charge in [0.15, 0.2) is 41.2 Å². The van der Waals surface area contributed by atoms with Crippen LogP contribution in [0.1, 0.15) is 121 Å². The zero-order valence-electron chi connectivity index (χ0n) is 50.6. The Balaban J connectivity index is 1.60. The Bertz CT molecular complexity index is 3260. The Morgan fingerprint density at radius 1 is 0.382 bits per heavy atom. The second-order valence-corrected chi connectivity index (χ2v) is 20.4. The molecule has 3 atom stereocenters. The third kappa shape index (κ3) is 23.8. The summed E-state index contributed by atoms with van der Waals surface area (Å²) in [5.74, 6) is 1.31. The molecule has 29 nitrogen and oxygen atoms in total. The van der Waals surface area contributed by atoms with Crippen LogP contribution >= 0.6 is 0 Å². The van der Waals surface area contributed by atoms with Crippen LogP contribution in [0.15, 0.2) is 92.8 Å². The molecule has 0 saturated heterocycles. The van der Waals surface area contributed by atoms with Gasteiger partial charge in [-0.05, 0) is 122 Å². The highest BCUT2D eigenvalue weighted by molar-refractivity contribution is 6.04. The maximum atomic E-state index is 14.5. The molecule has 0 radical (unpaired) electrons.